The molecule has 2 aromatic heterocycles. The van der Waals surface area contributed by atoms with Gasteiger partial charge in [-0.1, -0.05) is 51.1 Å². The van der Waals surface area contributed by atoms with Crippen molar-refractivity contribution >= 4 is 17.7 Å². The third-order valence-electron chi connectivity index (χ3n) is 9.41. The number of nitrogens with zero attached hydrogens (tertiary/aromatic N) is 6. The van der Waals surface area contributed by atoms with E-state index in [1.54, 1.807) is 19.5 Å². The Labute approximate surface area is 290 Å². The molecule has 4 aromatic rings. The van der Waals surface area contributed by atoms with Gasteiger partial charge in [0.1, 0.15) is 12.4 Å². The Hall–Kier alpha value is -4.57. The third kappa shape index (κ3) is 8.36. The quantitative estimate of drug-likeness (QED) is 0.206. The van der Waals surface area contributed by atoms with Crippen molar-refractivity contribution in [2.24, 2.45) is 10.8 Å². The first-order chi connectivity index (χ1) is 23.4. The highest BCUT2D eigenvalue weighted by Gasteiger charge is 2.43. The van der Waals surface area contributed by atoms with Crippen molar-refractivity contribution in [3.8, 4) is 17.1 Å². The molecule has 1 saturated carbocycles. The number of ether oxygens (including phenoxy) is 2. The standard InChI is InChI=1S/C39H49N7O3/c1-26-10-8-11-27(2)35(26)32-17-34-44-37(43-32)41-19-28-12-9-13-29(16-28)36(47)46(31(23-49-34)18-38(3,4)5)22-30-20-40-21-33(42-30)45(6)24-39(14-15-39)25-48-7/h8-13,16-17,20-21,31H,14-15,18-19,22-25H2,1-7H3,(H,41,43,44)/t31-/m1/s1. The summed E-state index contributed by atoms with van der Waals surface area (Å²) < 4.78 is 12.0. The van der Waals surface area contributed by atoms with Crippen molar-refractivity contribution in [2.75, 3.05) is 44.1 Å². The van der Waals surface area contributed by atoms with E-state index in [1.807, 2.05) is 42.3 Å². The van der Waals surface area contributed by atoms with E-state index in [0.29, 0.717) is 30.4 Å². The molecule has 1 N–H and O–H groups in total. The number of carbonyl (C=O) groups is 1. The molecule has 2 aromatic carbocycles. The molecule has 4 bridgehead atoms. The summed E-state index contributed by atoms with van der Waals surface area (Å²) in [5.41, 5.74) is 6.46. The zero-order valence-electron chi connectivity index (χ0n) is 29.9. The van der Waals surface area contributed by atoms with E-state index in [2.05, 4.69) is 68.0 Å². The summed E-state index contributed by atoms with van der Waals surface area (Å²) in [6.07, 6.45) is 6.54. The second kappa shape index (κ2) is 14.1. The third-order valence-corrected chi connectivity index (χ3v) is 9.41. The minimum atomic E-state index is -0.286. The van der Waals surface area contributed by atoms with Gasteiger partial charge in [-0.2, -0.15) is 4.98 Å². The van der Waals surface area contributed by atoms with Crippen molar-refractivity contribution in [3.05, 3.63) is 88.9 Å². The molecular weight excluding hydrogens is 614 g/mol. The van der Waals surface area contributed by atoms with Gasteiger partial charge in [-0.25, -0.2) is 9.97 Å². The van der Waals surface area contributed by atoms with Crippen molar-refractivity contribution in [1.29, 1.82) is 0 Å². The molecule has 1 amide bonds. The number of fused-ring (bicyclic) bond motifs is 4. The molecule has 10 heteroatoms. The maximum Gasteiger partial charge on any atom is 0.254 e. The van der Waals surface area contributed by atoms with Crippen molar-refractivity contribution in [3.63, 3.8) is 0 Å². The molecule has 1 aliphatic heterocycles. The number of nitrogens with one attached hydrogen (secondary N) is 1. The Kier molecular flexibility index (Phi) is 9.88. The number of amides is 1. The Morgan fingerprint density at radius 2 is 1.80 bits per heavy atom. The number of anilines is 2. The van der Waals surface area contributed by atoms with Crippen LogP contribution in [0.1, 0.15) is 72.8 Å². The number of rotatable bonds is 9. The second-order valence-electron chi connectivity index (χ2n) is 15.1. The summed E-state index contributed by atoms with van der Waals surface area (Å²) in [4.78, 5) is 37.9. The predicted octanol–water partition coefficient (Wildman–Crippen LogP) is 6.86. The number of aryl methyl sites for hydroxylation is 2. The molecule has 2 aliphatic rings. The van der Waals surface area contributed by atoms with E-state index in [4.69, 9.17) is 24.4 Å². The van der Waals surface area contributed by atoms with Gasteiger partial charge in [0.15, 0.2) is 0 Å². The van der Waals surface area contributed by atoms with E-state index >= 15 is 0 Å². The van der Waals surface area contributed by atoms with Gasteiger partial charge in [-0.3, -0.25) is 9.78 Å². The molecule has 1 fully saturated rings. The Balaban J connectivity index is 1.37. The monoisotopic (exact) mass is 663 g/mol. The van der Waals surface area contributed by atoms with Gasteiger partial charge in [0.2, 0.25) is 11.8 Å². The van der Waals surface area contributed by atoms with Gasteiger partial charge in [-0.05, 0) is 67.3 Å². The summed E-state index contributed by atoms with van der Waals surface area (Å²) >= 11 is 0. The molecule has 1 aliphatic carbocycles. The van der Waals surface area contributed by atoms with Crippen LogP contribution in [0, 0.1) is 24.7 Å². The summed E-state index contributed by atoms with van der Waals surface area (Å²) in [5, 5.41) is 3.38. The van der Waals surface area contributed by atoms with E-state index in [9.17, 15) is 4.79 Å². The zero-order chi connectivity index (χ0) is 34.8. The van der Waals surface area contributed by atoms with Gasteiger partial charge in [0.05, 0.1) is 43.0 Å². The number of aromatic nitrogens is 4. The van der Waals surface area contributed by atoms with Crippen LogP contribution in [0.25, 0.3) is 11.3 Å². The van der Waals surface area contributed by atoms with Crippen LogP contribution in [-0.4, -0.2) is 70.7 Å². The molecule has 0 spiro atoms. The van der Waals surface area contributed by atoms with Gasteiger partial charge >= 0.3 is 0 Å². The van der Waals surface area contributed by atoms with Crippen LogP contribution in [0.2, 0.25) is 0 Å². The molecule has 0 unspecified atom stereocenters. The summed E-state index contributed by atoms with van der Waals surface area (Å²) in [5.74, 6) is 1.64. The molecule has 0 radical (unpaired) electrons. The maximum atomic E-state index is 14.5. The fraction of sp³-hybridized carbons (Fsp3) is 0.462. The van der Waals surface area contributed by atoms with Gasteiger partial charge in [0.25, 0.3) is 5.91 Å². The fourth-order valence-electron chi connectivity index (χ4n) is 6.84. The highest BCUT2D eigenvalue weighted by atomic mass is 16.5. The number of carbonyl (C=O) groups excluding carboxylic acids is 1. The number of methoxy groups -OCH3 is 1. The lowest BCUT2D eigenvalue weighted by Gasteiger charge is -2.35. The highest BCUT2D eigenvalue weighted by molar-refractivity contribution is 5.94. The number of hydrogen-bond donors (Lipinski definition) is 1. The first kappa shape index (κ1) is 34.3. The van der Waals surface area contributed by atoms with Crippen LogP contribution in [0.4, 0.5) is 11.8 Å². The van der Waals surface area contributed by atoms with Crippen LogP contribution >= 0.6 is 0 Å². The normalized spacial score (nSPS) is 17.2. The zero-order valence-corrected chi connectivity index (χ0v) is 29.9. The van der Waals surface area contributed by atoms with Crippen molar-refractivity contribution in [2.45, 2.75) is 73.0 Å². The Bertz CT molecular complexity index is 1780. The predicted molar refractivity (Wildman–Crippen MR) is 193 cm³/mol. The van der Waals surface area contributed by atoms with Crippen molar-refractivity contribution < 1.29 is 14.3 Å². The average molecular weight is 664 g/mol. The Morgan fingerprint density at radius 3 is 2.51 bits per heavy atom. The fourth-order valence-corrected chi connectivity index (χ4v) is 6.84. The van der Waals surface area contributed by atoms with E-state index in [0.717, 1.165) is 65.5 Å². The first-order valence-electron chi connectivity index (χ1n) is 17.2. The van der Waals surface area contributed by atoms with Gasteiger partial charge in [-0.15, -0.1) is 0 Å². The highest BCUT2D eigenvalue weighted by Crippen LogP contribution is 2.46. The molecule has 6 rings (SSSR count). The van der Waals surface area contributed by atoms with Crippen LogP contribution in [0.5, 0.6) is 5.88 Å². The van der Waals surface area contributed by atoms with Crippen LogP contribution in [-0.2, 0) is 17.8 Å². The molecule has 1 atom stereocenters. The molecule has 0 saturated heterocycles. The molecule has 49 heavy (non-hydrogen) atoms. The van der Waals surface area contributed by atoms with E-state index in [-0.39, 0.29) is 35.9 Å². The maximum absolute atomic E-state index is 14.5. The van der Waals surface area contributed by atoms with Gasteiger partial charge in [0, 0.05) is 49.9 Å². The number of hydrogen-bond acceptors (Lipinski definition) is 9. The largest absolute Gasteiger partial charge is 0.475 e. The lowest BCUT2D eigenvalue weighted by atomic mass is 9.87. The van der Waals surface area contributed by atoms with Crippen LogP contribution in [0.15, 0.2) is 60.9 Å². The minimum Gasteiger partial charge on any atom is -0.475 e. The lowest BCUT2D eigenvalue weighted by molar-refractivity contribution is 0.0509. The van der Waals surface area contributed by atoms with Crippen LogP contribution < -0.4 is 15.0 Å². The smallest absolute Gasteiger partial charge is 0.254 e. The molecular formula is C39H49N7O3. The average Bonchev–Trinajstić information content (AvgIpc) is 3.82. The van der Waals surface area contributed by atoms with E-state index in [1.165, 1.54) is 0 Å². The Morgan fingerprint density at radius 1 is 1.04 bits per heavy atom. The van der Waals surface area contributed by atoms with E-state index < -0.39 is 0 Å². The topological polar surface area (TPSA) is 106 Å². The summed E-state index contributed by atoms with van der Waals surface area (Å²) in [6.45, 7) is 13.3. The van der Waals surface area contributed by atoms with Crippen LogP contribution in [0.3, 0.4) is 0 Å². The SMILES string of the molecule is COCC1(CN(C)c2cncc(CN3C(=O)c4cccc(c4)CNc4nc(cc(-c5c(C)cccc5C)n4)OC[C@H]3CC(C)(C)C)n2)CC1. The van der Waals surface area contributed by atoms with Crippen molar-refractivity contribution in [1.82, 2.24) is 24.8 Å². The van der Waals surface area contributed by atoms with Gasteiger partial charge < -0.3 is 24.6 Å². The summed E-state index contributed by atoms with van der Waals surface area (Å²) in [6, 6.07) is 15.6. The lowest BCUT2D eigenvalue weighted by Crippen LogP contribution is -2.45. The molecule has 10 nitrogen and oxygen atoms in total. The minimum absolute atomic E-state index is 0.0782. The first-order valence-corrected chi connectivity index (χ1v) is 17.2. The second-order valence-corrected chi connectivity index (χ2v) is 15.1. The molecule has 258 valence electrons. The molecule has 3 heterocycles. The summed E-state index contributed by atoms with van der Waals surface area (Å²) in [7, 11) is 3.81. The number of benzene rings is 2.